The number of benzene rings is 1. The highest BCUT2D eigenvalue weighted by Crippen LogP contribution is 2.19. The summed E-state index contributed by atoms with van der Waals surface area (Å²) in [5.41, 5.74) is 1.16. The molecule has 1 rings (SSSR count). The average Bonchev–Trinajstić information content (AvgIpc) is 2.44. The number of aliphatic hydroxyl groups excluding tert-OH is 2. The molecule has 0 aromatic heterocycles. The summed E-state index contributed by atoms with van der Waals surface area (Å²) in [6.45, 7) is 1.23. The molecule has 0 aliphatic carbocycles. The first-order valence-corrected chi connectivity index (χ1v) is 6.68. The van der Waals surface area contributed by atoms with Crippen LogP contribution in [0, 0.1) is 0 Å². The average molecular weight is 307 g/mol. The Balaban J connectivity index is 2.23. The van der Waals surface area contributed by atoms with E-state index in [9.17, 15) is 18.3 Å². The van der Waals surface area contributed by atoms with Crippen molar-refractivity contribution in [2.24, 2.45) is 0 Å². The van der Waals surface area contributed by atoms with Gasteiger partial charge in [-0.15, -0.1) is 0 Å². The lowest BCUT2D eigenvalue weighted by molar-refractivity contribution is -0.202. The molecule has 120 valence electrons. The molecule has 1 aromatic rings. The molecule has 0 amide bonds. The molecule has 4 nitrogen and oxygen atoms in total. The zero-order valence-electron chi connectivity index (χ0n) is 11.7. The van der Waals surface area contributed by atoms with Crippen molar-refractivity contribution in [3.63, 3.8) is 0 Å². The number of hydrogen-bond acceptors (Lipinski definition) is 4. The Labute approximate surface area is 121 Å². The molecule has 1 aromatic carbocycles. The molecule has 0 saturated heterocycles. The van der Waals surface area contributed by atoms with E-state index >= 15 is 0 Å². The molecule has 0 aliphatic rings. The standard InChI is InChI=1S/C14H20F3NO3/c1-2-10-3-5-12(6-4-10)21-9-11(19)7-18-8-13(20)14(15,16)17/h3-6,11,13,18-20H,2,7-9H2,1H3. The van der Waals surface area contributed by atoms with Crippen molar-refractivity contribution in [2.45, 2.75) is 31.7 Å². The van der Waals surface area contributed by atoms with Gasteiger partial charge in [0.25, 0.3) is 0 Å². The zero-order valence-corrected chi connectivity index (χ0v) is 11.7. The van der Waals surface area contributed by atoms with Crippen molar-refractivity contribution in [2.75, 3.05) is 19.7 Å². The Hall–Kier alpha value is -1.31. The van der Waals surface area contributed by atoms with Gasteiger partial charge in [-0.2, -0.15) is 13.2 Å². The van der Waals surface area contributed by atoms with Crippen molar-refractivity contribution < 1.29 is 28.1 Å². The van der Waals surface area contributed by atoms with Crippen molar-refractivity contribution >= 4 is 0 Å². The summed E-state index contributed by atoms with van der Waals surface area (Å²) in [6.07, 6.45) is -7.15. The maximum Gasteiger partial charge on any atom is 0.415 e. The van der Waals surface area contributed by atoms with Crippen LogP contribution < -0.4 is 10.1 Å². The number of hydrogen-bond donors (Lipinski definition) is 3. The summed E-state index contributed by atoms with van der Waals surface area (Å²) in [4.78, 5) is 0. The minimum atomic E-state index is -4.66. The van der Waals surface area contributed by atoms with E-state index in [1.807, 2.05) is 19.1 Å². The molecule has 0 saturated carbocycles. The van der Waals surface area contributed by atoms with Gasteiger partial charge in [-0.25, -0.2) is 0 Å². The summed E-state index contributed by atoms with van der Waals surface area (Å²) in [6, 6.07) is 7.35. The number of nitrogens with one attached hydrogen (secondary N) is 1. The van der Waals surface area contributed by atoms with Gasteiger partial charge in [0.1, 0.15) is 18.5 Å². The maximum absolute atomic E-state index is 12.0. The minimum absolute atomic E-state index is 0.0411. The van der Waals surface area contributed by atoms with Crippen molar-refractivity contribution in [3.8, 4) is 5.75 Å². The van der Waals surface area contributed by atoms with Crippen LogP contribution >= 0.6 is 0 Å². The Morgan fingerprint density at radius 3 is 2.29 bits per heavy atom. The molecular formula is C14H20F3NO3. The van der Waals surface area contributed by atoms with Crippen LogP contribution in [0.5, 0.6) is 5.75 Å². The van der Waals surface area contributed by atoms with Crippen LogP contribution in [0.4, 0.5) is 13.2 Å². The second-order valence-corrected chi connectivity index (χ2v) is 4.68. The van der Waals surface area contributed by atoms with Crippen LogP contribution in [0.3, 0.4) is 0 Å². The lowest BCUT2D eigenvalue weighted by Gasteiger charge is -2.17. The summed E-state index contributed by atoms with van der Waals surface area (Å²) >= 11 is 0. The molecule has 0 heterocycles. The van der Waals surface area contributed by atoms with Gasteiger partial charge in [0, 0.05) is 13.1 Å². The third kappa shape index (κ3) is 6.79. The lowest BCUT2D eigenvalue weighted by Crippen LogP contribution is -2.41. The van der Waals surface area contributed by atoms with E-state index in [0.29, 0.717) is 5.75 Å². The fourth-order valence-electron chi connectivity index (χ4n) is 1.58. The third-order valence-corrected chi connectivity index (χ3v) is 2.87. The van der Waals surface area contributed by atoms with Crippen LogP contribution in [0.2, 0.25) is 0 Å². The summed E-state index contributed by atoms with van der Waals surface area (Å²) in [5, 5.41) is 20.7. The molecule has 0 bridgehead atoms. The van der Waals surface area contributed by atoms with Crippen LogP contribution in [0.15, 0.2) is 24.3 Å². The lowest BCUT2D eigenvalue weighted by atomic mass is 10.2. The van der Waals surface area contributed by atoms with E-state index in [-0.39, 0.29) is 13.2 Å². The number of aryl methyl sites for hydroxylation is 1. The van der Waals surface area contributed by atoms with Crippen LogP contribution in [0.25, 0.3) is 0 Å². The first-order valence-electron chi connectivity index (χ1n) is 6.68. The zero-order chi connectivity index (χ0) is 15.9. The normalized spacial score (nSPS) is 14.8. The van der Waals surface area contributed by atoms with Gasteiger partial charge in [0.05, 0.1) is 0 Å². The highest BCUT2D eigenvalue weighted by molar-refractivity contribution is 5.27. The number of ether oxygens (including phenoxy) is 1. The first-order chi connectivity index (χ1) is 9.82. The highest BCUT2D eigenvalue weighted by Gasteiger charge is 2.37. The number of aliphatic hydroxyl groups is 2. The maximum atomic E-state index is 12.0. The Morgan fingerprint density at radius 1 is 1.14 bits per heavy atom. The number of alkyl halides is 3. The SMILES string of the molecule is CCc1ccc(OCC(O)CNCC(O)C(F)(F)F)cc1. The Bertz CT molecular complexity index is 409. The molecule has 3 N–H and O–H groups in total. The summed E-state index contributed by atoms with van der Waals surface area (Å²) in [7, 11) is 0. The quantitative estimate of drug-likeness (QED) is 0.681. The van der Waals surface area contributed by atoms with Crippen molar-refractivity contribution in [1.29, 1.82) is 0 Å². The van der Waals surface area contributed by atoms with Gasteiger partial charge in [-0.05, 0) is 24.1 Å². The number of rotatable bonds is 8. The monoisotopic (exact) mass is 307 g/mol. The first kappa shape index (κ1) is 17.7. The van der Waals surface area contributed by atoms with Crippen LogP contribution in [-0.2, 0) is 6.42 Å². The second kappa shape index (κ2) is 8.21. The fourth-order valence-corrected chi connectivity index (χ4v) is 1.58. The molecular weight excluding hydrogens is 287 g/mol. The predicted octanol–water partition coefficient (Wildman–Crippen LogP) is 1.50. The van der Waals surface area contributed by atoms with E-state index in [2.05, 4.69) is 5.32 Å². The fraction of sp³-hybridized carbons (Fsp3) is 0.571. The van der Waals surface area contributed by atoms with Gasteiger partial charge in [-0.3, -0.25) is 0 Å². The van der Waals surface area contributed by atoms with E-state index in [0.717, 1.165) is 12.0 Å². The van der Waals surface area contributed by atoms with Crippen LogP contribution in [0.1, 0.15) is 12.5 Å². The number of halogens is 3. The molecule has 21 heavy (non-hydrogen) atoms. The minimum Gasteiger partial charge on any atom is -0.491 e. The second-order valence-electron chi connectivity index (χ2n) is 4.68. The van der Waals surface area contributed by atoms with Crippen molar-refractivity contribution in [3.05, 3.63) is 29.8 Å². The Morgan fingerprint density at radius 2 is 1.76 bits per heavy atom. The molecule has 7 heteroatoms. The molecule has 2 unspecified atom stereocenters. The largest absolute Gasteiger partial charge is 0.491 e. The highest BCUT2D eigenvalue weighted by atomic mass is 19.4. The summed E-state index contributed by atoms with van der Waals surface area (Å²) < 4.78 is 41.4. The van der Waals surface area contributed by atoms with Crippen LogP contribution in [-0.4, -0.2) is 48.3 Å². The molecule has 0 radical (unpaired) electrons. The predicted molar refractivity (Wildman–Crippen MR) is 72.3 cm³/mol. The van der Waals surface area contributed by atoms with E-state index in [1.165, 1.54) is 0 Å². The molecule has 0 spiro atoms. The molecule has 0 fully saturated rings. The molecule has 0 aliphatic heterocycles. The van der Waals surface area contributed by atoms with Gasteiger partial charge in [0.15, 0.2) is 6.10 Å². The summed E-state index contributed by atoms with van der Waals surface area (Å²) in [5.74, 6) is 0.585. The molecule has 2 atom stereocenters. The van der Waals surface area contributed by atoms with Gasteiger partial charge in [-0.1, -0.05) is 19.1 Å². The van der Waals surface area contributed by atoms with E-state index < -0.39 is 24.9 Å². The smallest absolute Gasteiger partial charge is 0.415 e. The topological polar surface area (TPSA) is 61.7 Å². The van der Waals surface area contributed by atoms with Gasteiger partial charge >= 0.3 is 6.18 Å². The van der Waals surface area contributed by atoms with Crippen molar-refractivity contribution in [1.82, 2.24) is 5.32 Å². The van der Waals surface area contributed by atoms with E-state index in [1.54, 1.807) is 12.1 Å². The van der Waals surface area contributed by atoms with E-state index in [4.69, 9.17) is 9.84 Å². The van der Waals surface area contributed by atoms with Gasteiger partial charge in [0.2, 0.25) is 0 Å². The third-order valence-electron chi connectivity index (χ3n) is 2.87. The Kier molecular flexibility index (Phi) is 6.94. The van der Waals surface area contributed by atoms with Gasteiger partial charge < -0.3 is 20.3 Å².